The Balaban J connectivity index is 1.85. The number of nitrogens with zero attached hydrogens (tertiary/aromatic N) is 2. The van der Waals surface area contributed by atoms with Gasteiger partial charge in [0.15, 0.2) is 0 Å². The summed E-state index contributed by atoms with van der Waals surface area (Å²) < 4.78 is 5.31. The number of likely N-dealkylation sites (tertiary alicyclic amines) is 1. The number of Topliss-reactive ketones (excluding diaryl/α,β-unsaturated/α-hetero) is 1. The number of carbonyl (C=O) groups excluding carboxylic acids is 2. The molecular formula is C20H14N2O6S. The molecule has 0 bridgehead atoms. The van der Waals surface area contributed by atoms with E-state index in [0.717, 1.165) is 0 Å². The summed E-state index contributed by atoms with van der Waals surface area (Å²) in [5.74, 6) is -1.58. The van der Waals surface area contributed by atoms with E-state index in [2.05, 4.69) is 0 Å². The smallest absolute Gasteiger partial charge is 0.296 e. The Labute approximate surface area is 168 Å². The lowest BCUT2D eigenvalue weighted by atomic mass is 9.99. The molecule has 1 aromatic carbocycles. The van der Waals surface area contributed by atoms with Crippen LogP contribution in [0.3, 0.4) is 0 Å². The van der Waals surface area contributed by atoms with E-state index in [4.69, 9.17) is 4.42 Å². The third kappa shape index (κ3) is 3.32. The molecule has 1 aliphatic heterocycles. The standard InChI is InChI=1S/C20H14N2O6S/c23-18(12-4-1-5-13(10-12)22(26)27)16-17(15-7-3-9-29-15)21(20(25)19(16)24)11-14-6-2-8-28-14/h1-10,17,23H,11H2/b18-16+. The Kier molecular flexibility index (Phi) is 4.73. The summed E-state index contributed by atoms with van der Waals surface area (Å²) in [5.41, 5.74) is -0.243. The Bertz CT molecular complexity index is 1120. The number of benzene rings is 1. The van der Waals surface area contributed by atoms with Crippen LogP contribution in [0.1, 0.15) is 22.2 Å². The molecule has 0 saturated carbocycles. The number of non-ortho nitro benzene ring substituents is 1. The van der Waals surface area contributed by atoms with Gasteiger partial charge in [0.25, 0.3) is 17.4 Å². The van der Waals surface area contributed by atoms with Crippen LogP contribution in [-0.4, -0.2) is 26.6 Å². The van der Waals surface area contributed by atoms with Gasteiger partial charge in [-0.25, -0.2) is 0 Å². The van der Waals surface area contributed by atoms with E-state index in [1.165, 1.54) is 46.8 Å². The highest BCUT2D eigenvalue weighted by Crippen LogP contribution is 2.42. The van der Waals surface area contributed by atoms with Gasteiger partial charge in [-0.3, -0.25) is 19.7 Å². The van der Waals surface area contributed by atoms with Gasteiger partial charge in [-0.2, -0.15) is 0 Å². The number of aliphatic hydroxyl groups excluding tert-OH is 1. The lowest BCUT2D eigenvalue weighted by Gasteiger charge is -2.23. The van der Waals surface area contributed by atoms with Gasteiger partial charge < -0.3 is 14.4 Å². The summed E-state index contributed by atoms with van der Waals surface area (Å²) in [6, 6.07) is 11.4. The number of rotatable bonds is 5. The summed E-state index contributed by atoms with van der Waals surface area (Å²) in [6.07, 6.45) is 1.47. The molecule has 2 aromatic heterocycles. The third-order valence-electron chi connectivity index (χ3n) is 4.59. The van der Waals surface area contributed by atoms with Crippen LogP contribution in [0.25, 0.3) is 5.76 Å². The number of carbonyl (C=O) groups is 2. The van der Waals surface area contributed by atoms with Crippen LogP contribution in [0.5, 0.6) is 0 Å². The van der Waals surface area contributed by atoms with Crippen molar-refractivity contribution >= 4 is 34.5 Å². The average Bonchev–Trinajstić information content (AvgIpc) is 3.46. The van der Waals surface area contributed by atoms with Crippen molar-refractivity contribution in [2.45, 2.75) is 12.6 Å². The van der Waals surface area contributed by atoms with Gasteiger partial charge in [0.05, 0.1) is 23.3 Å². The lowest BCUT2D eigenvalue weighted by Crippen LogP contribution is -2.28. The molecule has 1 N–H and O–H groups in total. The van der Waals surface area contributed by atoms with Gasteiger partial charge >= 0.3 is 0 Å². The second-order valence-corrected chi connectivity index (χ2v) is 7.31. The second-order valence-electron chi connectivity index (χ2n) is 6.33. The molecule has 1 amide bonds. The molecular weight excluding hydrogens is 396 g/mol. The Morgan fingerprint density at radius 2 is 2.03 bits per heavy atom. The first-order valence-electron chi connectivity index (χ1n) is 8.56. The molecule has 4 rings (SSSR count). The van der Waals surface area contributed by atoms with E-state index in [9.17, 15) is 24.8 Å². The quantitative estimate of drug-likeness (QED) is 0.225. The number of hydrogen-bond donors (Lipinski definition) is 1. The zero-order valence-electron chi connectivity index (χ0n) is 14.8. The third-order valence-corrected chi connectivity index (χ3v) is 5.51. The molecule has 1 saturated heterocycles. The summed E-state index contributed by atoms with van der Waals surface area (Å²) >= 11 is 1.33. The van der Waals surface area contributed by atoms with E-state index in [0.29, 0.717) is 10.6 Å². The molecule has 1 unspecified atom stereocenters. The molecule has 9 heteroatoms. The molecule has 1 atom stereocenters. The maximum absolute atomic E-state index is 12.8. The molecule has 0 spiro atoms. The van der Waals surface area contributed by atoms with Gasteiger partial charge in [0.1, 0.15) is 17.6 Å². The van der Waals surface area contributed by atoms with E-state index in [1.807, 2.05) is 0 Å². The molecule has 0 aliphatic carbocycles. The minimum atomic E-state index is -0.848. The molecule has 0 radical (unpaired) electrons. The number of nitro benzene ring substituents is 1. The minimum absolute atomic E-state index is 0.0475. The van der Waals surface area contributed by atoms with Gasteiger partial charge in [-0.05, 0) is 23.6 Å². The van der Waals surface area contributed by atoms with Crippen molar-refractivity contribution in [1.82, 2.24) is 4.90 Å². The van der Waals surface area contributed by atoms with E-state index >= 15 is 0 Å². The summed E-state index contributed by atoms with van der Waals surface area (Å²) in [4.78, 5) is 38.0. The molecule has 8 nitrogen and oxygen atoms in total. The van der Waals surface area contributed by atoms with Gasteiger partial charge in [0, 0.05) is 22.6 Å². The number of ketones is 1. The highest BCUT2D eigenvalue weighted by atomic mass is 32.1. The molecule has 1 aliphatic rings. The highest BCUT2D eigenvalue weighted by molar-refractivity contribution is 7.10. The van der Waals surface area contributed by atoms with Crippen LogP contribution in [0, 0.1) is 10.1 Å². The second kappa shape index (κ2) is 7.36. The van der Waals surface area contributed by atoms with Crippen molar-refractivity contribution in [1.29, 1.82) is 0 Å². The number of thiophene rings is 1. The first-order chi connectivity index (χ1) is 14.0. The molecule has 146 valence electrons. The normalized spacial score (nSPS) is 18.3. The average molecular weight is 410 g/mol. The van der Waals surface area contributed by atoms with Crippen molar-refractivity contribution in [2.24, 2.45) is 0 Å². The highest BCUT2D eigenvalue weighted by Gasteiger charge is 2.46. The summed E-state index contributed by atoms with van der Waals surface area (Å²) in [7, 11) is 0. The first-order valence-corrected chi connectivity index (χ1v) is 9.44. The fourth-order valence-electron chi connectivity index (χ4n) is 3.28. The summed E-state index contributed by atoms with van der Waals surface area (Å²) in [5, 5.41) is 23.7. The summed E-state index contributed by atoms with van der Waals surface area (Å²) in [6.45, 7) is 0.0475. The van der Waals surface area contributed by atoms with Crippen LogP contribution in [0.15, 0.2) is 70.2 Å². The maximum atomic E-state index is 12.8. The molecule has 3 aromatic rings. The fraction of sp³-hybridized carbons (Fsp3) is 0.100. The predicted molar refractivity (Wildman–Crippen MR) is 104 cm³/mol. The molecule has 1 fully saturated rings. The van der Waals surface area contributed by atoms with Crippen molar-refractivity contribution in [2.75, 3.05) is 0 Å². The Morgan fingerprint density at radius 3 is 2.69 bits per heavy atom. The maximum Gasteiger partial charge on any atom is 0.296 e. The predicted octanol–water partition coefficient (Wildman–Crippen LogP) is 3.87. The monoisotopic (exact) mass is 410 g/mol. The van der Waals surface area contributed by atoms with Crippen molar-refractivity contribution < 1.29 is 24.0 Å². The largest absolute Gasteiger partial charge is 0.507 e. The van der Waals surface area contributed by atoms with Crippen molar-refractivity contribution in [3.63, 3.8) is 0 Å². The van der Waals surface area contributed by atoms with Crippen LogP contribution in [0.4, 0.5) is 5.69 Å². The lowest BCUT2D eigenvalue weighted by molar-refractivity contribution is -0.384. The number of hydrogen-bond acceptors (Lipinski definition) is 7. The van der Waals surface area contributed by atoms with Crippen molar-refractivity contribution in [3.8, 4) is 0 Å². The topological polar surface area (TPSA) is 114 Å². The van der Waals surface area contributed by atoms with Crippen LogP contribution >= 0.6 is 11.3 Å². The molecule has 3 heterocycles. The van der Waals surface area contributed by atoms with Crippen LogP contribution in [-0.2, 0) is 16.1 Å². The molecule has 29 heavy (non-hydrogen) atoms. The van der Waals surface area contributed by atoms with Gasteiger partial charge in [-0.1, -0.05) is 18.2 Å². The van der Waals surface area contributed by atoms with Gasteiger partial charge in [-0.15, -0.1) is 11.3 Å². The van der Waals surface area contributed by atoms with Crippen LogP contribution < -0.4 is 0 Å². The number of aliphatic hydroxyl groups is 1. The Hall–Kier alpha value is -3.72. The van der Waals surface area contributed by atoms with Crippen molar-refractivity contribution in [3.05, 3.63) is 92.1 Å². The minimum Gasteiger partial charge on any atom is -0.507 e. The zero-order valence-corrected chi connectivity index (χ0v) is 15.7. The SMILES string of the molecule is O=C1C(=O)N(Cc2ccco2)C(c2cccs2)/C1=C(\O)c1cccc([N+](=O)[O-])c1. The number of furan rings is 1. The van der Waals surface area contributed by atoms with Crippen LogP contribution in [0.2, 0.25) is 0 Å². The zero-order chi connectivity index (χ0) is 20.5. The van der Waals surface area contributed by atoms with E-state index in [-0.39, 0.29) is 23.4 Å². The first kappa shape index (κ1) is 18.6. The number of nitro groups is 1. The van der Waals surface area contributed by atoms with Gasteiger partial charge in [0.2, 0.25) is 0 Å². The number of amides is 1. The van der Waals surface area contributed by atoms with E-state index in [1.54, 1.807) is 29.6 Å². The Morgan fingerprint density at radius 1 is 1.21 bits per heavy atom. The fourth-order valence-corrected chi connectivity index (χ4v) is 4.12. The van der Waals surface area contributed by atoms with E-state index < -0.39 is 28.4 Å².